The summed E-state index contributed by atoms with van der Waals surface area (Å²) in [5.41, 5.74) is 6.04. The number of aryl methyl sites for hydroxylation is 1. The van der Waals surface area contributed by atoms with E-state index in [1.807, 2.05) is 25.1 Å². The zero-order chi connectivity index (χ0) is 29.3. The summed E-state index contributed by atoms with van der Waals surface area (Å²) in [6, 6.07) is 18.4. The Kier molecular flexibility index (Phi) is 12.0. The topological polar surface area (TPSA) is 130 Å². The maximum atomic E-state index is 11.0. The lowest BCUT2D eigenvalue weighted by Gasteiger charge is -2.20. The Labute approximate surface area is 251 Å². The Morgan fingerprint density at radius 2 is 1.27 bits per heavy atom. The molecular weight excluding hydrogens is 668 g/mol. The van der Waals surface area contributed by atoms with E-state index in [1.165, 1.54) is 34.4 Å². The van der Waals surface area contributed by atoms with Crippen molar-refractivity contribution in [1.29, 1.82) is 0 Å². The zero-order valence-electron chi connectivity index (χ0n) is 22.0. The molecule has 1 fully saturated rings. The Hall–Kier alpha value is -1.96. The fourth-order valence-corrected chi connectivity index (χ4v) is 5.70. The van der Waals surface area contributed by atoms with Gasteiger partial charge in [-0.1, -0.05) is 61.7 Å². The SMILES string of the molecule is Brc1ccc2c(c1)CC1(C2)OCCO1.Cc1ccc(S(=O)(=O)O)cc1.O=C1Cc2ccc(Br)cc2C1.OCCO. The maximum absolute atomic E-state index is 11.0. The van der Waals surface area contributed by atoms with Gasteiger partial charge in [-0.25, -0.2) is 0 Å². The molecule has 3 N–H and O–H groups in total. The lowest BCUT2D eigenvalue weighted by atomic mass is 10.1. The number of benzene rings is 3. The van der Waals surface area contributed by atoms with Crippen LogP contribution in [0.2, 0.25) is 0 Å². The fraction of sp³-hybridized carbons (Fsp3) is 0.345. The predicted octanol–water partition coefficient (Wildman–Crippen LogP) is 4.62. The molecule has 1 aliphatic heterocycles. The Morgan fingerprint density at radius 1 is 0.775 bits per heavy atom. The van der Waals surface area contributed by atoms with Crippen LogP contribution in [-0.4, -0.2) is 61.2 Å². The molecule has 216 valence electrons. The Morgan fingerprint density at radius 3 is 1.82 bits per heavy atom. The number of carbonyl (C=O) groups excluding carboxylic acids is 1. The Bertz CT molecular complexity index is 1400. The van der Waals surface area contributed by atoms with Crippen LogP contribution in [0.4, 0.5) is 0 Å². The molecule has 2 aliphatic carbocycles. The predicted molar refractivity (Wildman–Crippen MR) is 158 cm³/mol. The average molecular weight is 700 g/mol. The first-order valence-corrected chi connectivity index (χ1v) is 15.6. The second-order valence-electron chi connectivity index (χ2n) is 9.41. The number of fused-ring (bicyclic) bond motifs is 2. The van der Waals surface area contributed by atoms with Crippen LogP contribution < -0.4 is 0 Å². The number of aliphatic hydroxyl groups excluding tert-OH is 2. The molecule has 1 heterocycles. The molecule has 1 spiro atoms. The van der Waals surface area contributed by atoms with E-state index in [4.69, 9.17) is 24.2 Å². The number of ketones is 1. The minimum atomic E-state index is -4.02. The largest absolute Gasteiger partial charge is 0.394 e. The van der Waals surface area contributed by atoms with Gasteiger partial charge in [0.2, 0.25) is 0 Å². The number of rotatable bonds is 2. The molecule has 0 amide bonds. The smallest absolute Gasteiger partial charge is 0.294 e. The van der Waals surface area contributed by atoms with Crippen molar-refractivity contribution in [3.63, 3.8) is 0 Å². The van der Waals surface area contributed by atoms with Gasteiger partial charge in [-0.3, -0.25) is 9.35 Å². The summed E-state index contributed by atoms with van der Waals surface area (Å²) < 4.78 is 43.1. The molecule has 0 unspecified atom stereocenters. The van der Waals surface area contributed by atoms with Crippen LogP contribution in [0.3, 0.4) is 0 Å². The Balaban J connectivity index is 0.000000157. The van der Waals surface area contributed by atoms with Gasteiger partial charge in [0.25, 0.3) is 10.1 Å². The molecule has 8 nitrogen and oxygen atoms in total. The molecule has 0 aromatic heterocycles. The molecule has 3 aliphatic rings. The first-order valence-electron chi connectivity index (χ1n) is 12.5. The molecule has 3 aromatic carbocycles. The molecule has 11 heteroatoms. The second-order valence-corrected chi connectivity index (χ2v) is 12.7. The van der Waals surface area contributed by atoms with E-state index in [2.05, 4.69) is 50.1 Å². The molecule has 0 saturated carbocycles. The highest BCUT2D eigenvalue weighted by molar-refractivity contribution is 9.10. The van der Waals surface area contributed by atoms with Gasteiger partial charge in [0.15, 0.2) is 5.79 Å². The number of hydrogen-bond acceptors (Lipinski definition) is 7. The third kappa shape index (κ3) is 9.56. The van der Waals surface area contributed by atoms with E-state index in [0.717, 1.165) is 40.6 Å². The highest BCUT2D eigenvalue weighted by atomic mass is 79.9. The summed E-state index contributed by atoms with van der Waals surface area (Å²) in [5.74, 6) is 0.00134. The molecular formula is C29H32Br2O8S. The van der Waals surface area contributed by atoms with Crippen LogP contribution in [0.5, 0.6) is 0 Å². The van der Waals surface area contributed by atoms with Gasteiger partial charge >= 0.3 is 0 Å². The van der Waals surface area contributed by atoms with Crippen LogP contribution in [0.25, 0.3) is 0 Å². The van der Waals surface area contributed by atoms with E-state index in [-0.39, 0.29) is 23.9 Å². The first kappa shape index (κ1) is 32.6. The molecule has 6 rings (SSSR count). The standard InChI is InChI=1S/C11H11BrO2.C9H7BrO.C7H8O3S.C2H6O2/c12-10-2-1-8-6-11(7-9(8)5-10)13-3-4-14-11;10-8-2-1-6-4-9(11)5-7(6)3-8;1-6-2-4-7(5-3-6)11(8,9)10;3-1-2-4/h1-2,5H,3-4,6-7H2;1-3H,4-5H2;2-5H,1H3,(H,8,9,10);3-4H,1-2H2. The van der Waals surface area contributed by atoms with Crippen LogP contribution >= 0.6 is 31.9 Å². The van der Waals surface area contributed by atoms with Crippen molar-refractivity contribution in [3.05, 3.63) is 97.4 Å². The summed E-state index contributed by atoms with van der Waals surface area (Å²) in [5, 5.41) is 15.2. The summed E-state index contributed by atoms with van der Waals surface area (Å²) in [7, 11) is -4.02. The van der Waals surface area contributed by atoms with Gasteiger partial charge in [-0.05, 0) is 65.6 Å². The number of carbonyl (C=O) groups is 1. The third-order valence-electron chi connectivity index (χ3n) is 6.26. The molecule has 40 heavy (non-hydrogen) atoms. The van der Waals surface area contributed by atoms with Gasteiger partial charge in [0.1, 0.15) is 5.78 Å². The zero-order valence-corrected chi connectivity index (χ0v) is 26.0. The van der Waals surface area contributed by atoms with Crippen molar-refractivity contribution in [2.24, 2.45) is 0 Å². The van der Waals surface area contributed by atoms with E-state index in [1.54, 1.807) is 12.1 Å². The van der Waals surface area contributed by atoms with Gasteiger partial charge in [0.05, 0.1) is 31.3 Å². The average Bonchev–Trinajstić information content (AvgIpc) is 3.61. The van der Waals surface area contributed by atoms with Gasteiger partial charge in [-0.15, -0.1) is 0 Å². The minimum absolute atomic E-state index is 0.0666. The number of hydrogen-bond donors (Lipinski definition) is 3. The van der Waals surface area contributed by atoms with Crippen molar-refractivity contribution in [1.82, 2.24) is 0 Å². The normalized spacial score (nSPS) is 16.1. The maximum Gasteiger partial charge on any atom is 0.294 e. The lowest BCUT2D eigenvalue weighted by Crippen LogP contribution is -2.30. The van der Waals surface area contributed by atoms with Crippen molar-refractivity contribution in [2.75, 3.05) is 26.4 Å². The minimum Gasteiger partial charge on any atom is -0.394 e. The summed E-state index contributed by atoms with van der Waals surface area (Å²) in [4.78, 5) is 10.9. The van der Waals surface area contributed by atoms with Crippen molar-refractivity contribution in [2.45, 2.75) is 43.3 Å². The summed E-state index contributed by atoms with van der Waals surface area (Å²) in [6.07, 6.45) is 3.04. The van der Waals surface area contributed by atoms with Gasteiger partial charge in [0, 0.05) is 34.6 Å². The molecule has 0 bridgehead atoms. The van der Waals surface area contributed by atoms with Crippen LogP contribution in [0.1, 0.15) is 27.8 Å². The second kappa shape index (κ2) is 14.8. The van der Waals surface area contributed by atoms with Crippen LogP contribution in [0, 0.1) is 6.92 Å². The van der Waals surface area contributed by atoms with Gasteiger partial charge < -0.3 is 19.7 Å². The first-order chi connectivity index (χ1) is 18.9. The van der Waals surface area contributed by atoms with Crippen molar-refractivity contribution >= 4 is 47.8 Å². The van der Waals surface area contributed by atoms with E-state index < -0.39 is 10.1 Å². The highest BCUT2D eigenvalue weighted by Crippen LogP contribution is 2.37. The van der Waals surface area contributed by atoms with Crippen molar-refractivity contribution in [3.8, 4) is 0 Å². The molecule has 0 radical (unpaired) electrons. The van der Waals surface area contributed by atoms with E-state index >= 15 is 0 Å². The number of ether oxygens (including phenoxy) is 2. The van der Waals surface area contributed by atoms with Crippen LogP contribution in [-0.2, 0) is 50.1 Å². The van der Waals surface area contributed by atoms with E-state index in [9.17, 15) is 13.2 Å². The monoisotopic (exact) mass is 698 g/mol. The fourth-order valence-electron chi connectivity index (χ4n) is 4.40. The lowest BCUT2D eigenvalue weighted by molar-refractivity contribution is -0.147. The van der Waals surface area contributed by atoms with Crippen molar-refractivity contribution < 1.29 is 37.5 Å². The van der Waals surface area contributed by atoms with Gasteiger partial charge in [-0.2, -0.15) is 8.42 Å². The third-order valence-corrected chi connectivity index (χ3v) is 8.12. The number of Topliss-reactive ketones (excluding diaryl/α,β-unsaturated/α-hetero) is 1. The number of halogens is 2. The quantitative estimate of drug-likeness (QED) is 0.331. The number of aliphatic hydroxyl groups is 2. The van der Waals surface area contributed by atoms with Crippen LogP contribution in [0.15, 0.2) is 74.5 Å². The van der Waals surface area contributed by atoms with E-state index in [0.29, 0.717) is 18.6 Å². The molecule has 1 saturated heterocycles. The summed E-state index contributed by atoms with van der Waals surface area (Å²) >= 11 is 6.85. The molecule has 3 aromatic rings. The summed E-state index contributed by atoms with van der Waals surface area (Å²) in [6.45, 7) is 3.05. The molecule has 0 atom stereocenters. The highest BCUT2D eigenvalue weighted by Gasteiger charge is 2.42.